The third-order valence-corrected chi connectivity index (χ3v) is 4.25. The SMILES string of the molecule is COc1ccc2c(C)c(CCC(=O)Nc3cccc(C)n3)c(=O)oc2c1. The van der Waals surface area contributed by atoms with Gasteiger partial charge in [0.15, 0.2) is 0 Å². The zero-order valence-electron chi connectivity index (χ0n) is 15.0. The summed E-state index contributed by atoms with van der Waals surface area (Å²) < 4.78 is 10.6. The number of hydrogen-bond donors (Lipinski definition) is 1. The predicted octanol–water partition coefficient (Wildman–Crippen LogP) is 3.38. The highest BCUT2D eigenvalue weighted by Gasteiger charge is 2.14. The summed E-state index contributed by atoms with van der Waals surface area (Å²) in [5, 5.41) is 3.58. The van der Waals surface area contributed by atoms with Crippen molar-refractivity contribution in [2.24, 2.45) is 0 Å². The number of pyridine rings is 1. The van der Waals surface area contributed by atoms with E-state index in [-0.39, 0.29) is 12.3 Å². The number of carbonyl (C=O) groups is 1. The number of methoxy groups -OCH3 is 1. The first-order valence-electron chi connectivity index (χ1n) is 8.32. The van der Waals surface area contributed by atoms with Gasteiger partial charge in [-0.3, -0.25) is 4.79 Å². The quantitative estimate of drug-likeness (QED) is 0.712. The summed E-state index contributed by atoms with van der Waals surface area (Å²) in [5.74, 6) is 0.930. The van der Waals surface area contributed by atoms with Crippen LogP contribution in [0.3, 0.4) is 0 Å². The molecule has 0 saturated carbocycles. The van der Waals surface area contributed by atoms with Crippen LogP contribution in [0, 0.1) is 13.8 Å². The molecule has 1 amide bonds. The number of rotatable bonds is 5. The Morgan fingerprint density at radius 1 is 1.23 bits per heavy atom. The average Bonchev–Trinajstić information content (AvgIpc) is 2.61. The average molecular weight is 352 g/mol. The maximum Gasteiger partial charge on any atom is 0.339 e. The maximum absolute atomic E-state index is 12.3. The second-order valence-corrected chi connectivity index (χ2v) is 6.07. The number of amides is 1. The van der Waals surface area contributed by atoms with Crippen molar-refractivity contribution < 1.29 is 13.9 Å². The number of carbonyl (C=O) groups excluding carboxylic acids is 1. The lowest BCUT2D eigenvalue weighted by molar-refractivity contribution is -0.116. The van der Waals surface area contributed by atoms with Gasteiger partial charge in [0.05, 0.1) is 7.11 Å². The Bertz CT molecular complexity index is 1020. The first-order valence-corrected chi connectivity index (χ1v) is 8.32. The van der Waals surface area contributed by atoms with Crippen molar-refractivity contribution in [1.82, 2.24) is 4.98 Å². The molecule has 2 heterocycles. The lowest BCUT2D eigenvalue weighted by Gasteiger charge is -2.09. The summed E-state index contributed by atoms with van der Waals surface area (Å²) in [5.41, 5.74) is 2.20. The van der Waals surface area contributed by atoms with Gasteiger partial charge in [-0.1, -0.05) is 6.07 Å². The highest BCUT2D eigenvalue weighted by Crippen LogP contribution is 2.24. The van der Waals surface area contributed by atoms with Crippen LogP contribution in [0.25, 0.3) is 11.0 Å². The standard InChI is InChI=1S/C20H20N2O4/c1-12-5-4-6-18(21-12)22-19(23)10-9-16-13(2)15-8-7-14(25-3)11-17(15)26-20(16)24/h4-8,11H,9-10H2,1-3H3,(H,21,22,23). The van der Waals surface area contributed by atoms with Crippen LogP contribution in [0.5, 0.6) is 5.75 Å². The summed E-state index contributed by atoms with van der Waals surface area (Å²) in [4.78, 5) is 28.7. The molecular weight excluding hydrogens is 332 g/mol. The Hall–Kier alpha value is -3.15. The summed E-state index contributed by atoms with van der Waals surface area (Å²) >= 11 is 0. The molecule has 0 aliphatic carbocycles. The van der Waals surface area contributed by atoms with Crippen molar-refractivity contribution in [3.8, 4) is 5.75 Å². The predicted molar refractivity (Wildman–Crippen MR) is 99.7 cm³/mol. The van der Waals surface area contributed by atoms with Crippen LogP contribution in [0.15, 0.2) is 45.6 Å². The van der Waals surface area contributed by atoms with E-state index in [1.165, 1.54) is 0 Å². The molecule has 0 aliphatic rings. The van der Waals surface area contributed by atoms with Gasteiger partial charge in [-0.15, -0.1) is 0 Å². The first-order chi connectivity index (χ1) is 12.5. The molecule has 6 heteroatoms. The van der Waals surface area contributed by atoms with E-state index in [0.29, 0.717) is 29.1 Å². The Morgan fingerprint density at radius 3 is 2.77 bits per heavy atom. The summed E-state index contributed by atoms with van der Waals surface area (Å²) in [6.45, 7) is 3.72. The van der Waals surface area contributed by atoms with E-state index >= 15 is 0 Å². The Balaban J connectivity index is 1.78. The third-order valence-electron chi connectivity index (χ3n) is 4.25. The Morgan fingerprint density at radius 2 is 2.04 bits per heavy atom. The molecule has 3 aromatic rings. The summed E-state index contributed by atoms with van der Waals surface area (Å²) in [7, 11) is 1.56. The molecule has 0 saturated heterocycles. The number of fused-ring (bicyclic) bond motifs is 1. The second kappa shape index (κ2) is 7.39. The van der Waals surface area contributed by atoms with E-state index in [9.17, 15) is 9.59 Å². The Kier molecular flexibility index (Phi) is 5.02. The van der Waals surface area contributed by atoms with E-state index < -0.39 is 5.63 Å². The maximum atomic E-state index is 12.3. The summed E-state index contributed by atoms with van der Waals surface area (Å²) in [6, 6.07) is 10.8. The molecule has 6 nitrogen and oxygen atoms in total. The zero-order chi connectivity index (χ0) is 18.7. The normalized spacial score (nSPS) is 10.7. The van der Waals surface area contributed by atoms with Crippen LogP contribution in [-0.2, 0) is 11.2 Å². The van der Waals surface area contributed by atoms with E-state index in [1.54, 1.807) is 19.2 Å². The number of nitrogens with zero attached hydrogens (tertiary/aromatic N) is 1. The number of anilines is 1. The van der Waals surface area contributed by atoms with Crippen molar-refractivity contribution in [2.75, 3.05) is 12.4 Å². The topological polar surface area (TPSA) is 81.4 Å². The van der Waals surface area contributed by atoms with Gasteiger partial charge in [0, 0.05) is 29.1 Å². The van der Waals surface area contributed by atoms with Gasteiger partial charge < -0.3 is 14.5 Å². The van der Waals surface area contributed by atoms with E-state index in [2.05, 4.69) is 10.3 Å². The molecule has 2 aromatic heterocycles. The lowest BCUT2D eigenvalue weighted by atomic mass is 10.0. The van der Waals surface area contributed by atoms with Crippen LogP contribution in [0.2, 0.25) is 0 Å². The van der Waals surface area contributed by atoms with E-state index in [0.717, 1.165) is 16.6 Å². The molecule has 0 aliphatic heterocycles. The smallest absolute Gasteiger partial charge is 0.339 e. The molecule has 0 fully saturated rings. The zero-order valence-corrected chi connectivity index (χ0v) is 15.0. The number of ether oxygens (including phenoxy) is 1. The van der Waals surface area contributed by atoms with Crippen LogP contribution in [0.1, 0.15) is 23.2 Å². The number of benzene rings is 1. The first kappa shape index (κ1) is 17.7. The molecule has 1 aromatic carbocycles. The molecule has 134 valence electrons. The van der Waals surface area contributed by atoms with Gasteiger partial charge in [0.1, 0.15) is 17.2 Å². The van der Waals surface area contributed by atoms with Crippen molar-refractivity contribution in [3.05, 3.63) is 63.6 Å². The highest BCUT2D eigenvalue weighted by atomic mass is 16.5. The minimum absolute atomic E-state index is 0.170. The molecule has 0 atom stereocenters. The summed E-state index contributed by atoms with van der Waals surface area (Å²) in [6.07, 6.45) is 0.469. The van der Waals surface area contributed by atoms with E-state index in [1.807, 2.05) is 38.1 Å². The molecule has 0 radical (unpaired) electrons. The van der Waals surface area contributed by atoms with Crippen molar-refractivity contribution in [1.29, 1.82) is 0 Å². The largest absolute Gasteiger partial charge is 0.497 e. The fourth-order valence-corrected chi connectivity index (χ4v) is 2.85. The van der Waals surface area contributed by atoms with E-state index in [4.69, 9.17) is 9.15 Å². The molecule has 1 N–H and O–H groups in total. The van der Waals surface area contributed by atoms with Gasteiger partial charge in [0.2, 0.25) is 5.91 Å². The van der Waals surface area contributed by atoms with Gasteiger partial charge in [-0.2, -0.15) is 0 Å². The van der Waals surface area contributed by atoms with Gasteiger partial charge in [0.25, 0.3) is 0 Å². The third kappa shape index (κ3) is 3.74. The van der Waals surface area contributed by atoms with Gasteiger partial charge >= 0.3 is 5.63 Å². The number of nitrogens with one attached hydrogen (secondary N) is 1. The fourth-order valence-electron chi connectivity index (χ4n) is 2.85. The van der Waals surface area contributed by atoms with Crippen LogP contribution in [-0.4, -0.2) is 18.0 Å². The molecule has 0 spiro atoms. The van der Waals surface area contributed by atoms with Crippen LogP contribution < -0.4 is 15.7 Å². The van der Waals surface area contributed by atoms with Crippen LogP contribution in [0.4, 0.5) is 5.82 Å². The molecule has 0 unspecified atom stereocenters. The van der Waals surface area contributed by atoms with Crippen molar-refractivity contribution in [3.63, 3.8) is 0 Å². The number of aromatic nitrogens is 1. The molecular formula is C20H20N2O4. The van der Waals surface area contributed by atoms with Gasteiger partial charge in [-0.25, -0.2) is 9.78 Å². The Labute approximate surface area is 150 Å². The number of aryl methyl sites for hydroxylation is 2. The minimum Gasteiger partial charge on any atom is -0.497 e. The van der Waals surface area contributed by atoms with Crippen molar-refractivity contribution in [2.45, 2.75) is 26.7 Å². The number of hydrogen-bond acceptors (Lipinski definition) is 5. The van der Waals surface area contributed by atoms with Crippen molar-refractivity contribution >= 4 is 22.7 Å². The fraction of sp³-hybridized carbons (Fsp3) is 0.250. The molecule has 0 bridgehead atoms. The minimum atomic E-state index is -0.426. The lowest BCUT2D eigenvalue weighted by Crippen LogP contribution is -2.17. The monoisotopic (exact) mass is 352 g/mol. The highest BCUT2D eigenvalue weighted by molar-refractivity contribution is 5.90. The van der Waals surface area contributed by atoms with Gasteiger partial charge in [-0.05, 0) is 50.1 Å². The van der Waals surface area contributed by atoms with Crippen LogP contribution >= 0.6 is 0 Å². The molecule has 26 heavy (non-hydrogen) atoms. The molecule has 3 rings (SSSR count). The second-order valence-electron chi connectivity index (χ2n) is 6.07.